The summed E-state index contributed by atoms with van der Waals surface area (Å²) in [6.07, 6.45) is 4.74. The first-order valence-electron chi connectivity index (χ1n) is 13.1. The van der Waals surface area contributed by atoms with Gasteiger partial charge in [0.2, 0.25) is 11.8 Å². The number of hydrogen-bond acceptors (Lipinski definition) is 6. The quantitative estimate of drug-likeness (QED) is 0.141. The molecular weight excluding hydrogens is 540 g/mol. The van der Waals surface area contributed by atoms with Crippen molar-refractivity contribution in [3.05, 3.63) is 96.4 Å². The molecule has 3 amide bonds. The van der Waals surface area contributed by atoms with E-state index in [1.54, 1.807) is 36.5 Å². The predicted molar refractivity (Wildman–Crippen MR) is 154 cm³/mol. The molecule has 42 heavy (non-hydrogen) atoms. The van der Waals surface area contributed by atoms with Gasteiger partial charge in [-0.05, 0) is 48.0 Å². The first-order valence-corrected chi connectivity index (χ1v) is 13.1. The van der Waals surface area contributed by atoms with Gasteiger partial charge in [-0.1, -0.05) is 18.2 Å². The van der Waals surface area contributed by atoms with Crippen molar-refractivity contribution >= 4 is 40.3 Å². The Balaban J connectivity index is 1.35. The molecule has 0 aliphatic carbocycles. The number of carbonyl (C=O) groups excluding carboxylic acids is 3. The van der Waals surface area contributed by atoms with E-state index in [0.29, 0.717) is 22.7 Å². The number of amides is 3. The van der Waals surface area contributed by atoms with Crippen LogP contribution in [0.25, 0.3) is 22.2 Å². The van der Waals surface area contributed by atoms with Crippen molar-refractivity contribution in [2.45, 2.75) is 31.8 Å². The van der Waals surface area contributed by atoms with Crippen molar-refractivity contribution in [1.82, 2.24) is 25.6 Å². The van der Waals surface area contributed by atoms with Crippen LogP contribution in [0, 0.1) is 0 Å². The lowest BCUT2D eigenvalue weighted by Gasteiger charge is -2.21. The SMILES string of the molecule is CC(=O)Nc1ccc(-c2ccc(C(=O)N[C@@H](Cc3c[nH]c4ccccc34)C(=O)N[C@@H](Cc3cnc[nH]3)C(=O)O)o2)cc1. The number of para-hydroxylation sites is 1. The summed E-state index contributed by atoms with van der Waals surface area (Å²) < 4.78 is 5.79. The van der Waals surface area contributed by atoms with Gasteiger partial charge < -0.3 is 35.4 Å². The molecule has 0 bridgehead atoms. The molecule has 0 saturated heterocycles. The van der Waals surface area contributed by atoms with Crippen molar-refractivity contribution in [3.8, 4) is 11.3 Å². The minimum Gasteiger partial charge on any atom is -0.480 e. The number of hydrogen-bond donors (Lipinski definition) is 6. The number of nitrogens with one attached hydrogen (secondary N) is 5. The van der Waals surface area contributed by atoms with Crippen molar-refractivity contribution in [1.29, 1.82) is 0 Å². The van der Waals surface area contributed by atoms with Gasteiger partial charge >= 0.3 is 5.97 Å². The van der Waals surface area contributed by atoms with E-state index in [4.69, 9.17) is 4.42 Å². The Hall–Kier alpha value is -5.65. The molecule has 0 unspecified atom stereocenters. The van der Waals surface area contributed by atoms with Gasteiger partial charge in [0.25, 0.3) is 5.91 Å². The molecule has 214 valence electrons. The molecule has 2 atom stereocenters. The third-order valence-electron chi connectivity index (χ3n) is 6.63. The molecule has 0 aliphatic heterocycles. The average molecular weight is 569 g/mol. The Bertz CT molecular complexity index is 1720. The number of carboxylic acid groups (broad SMARTS) is 1. The lowest BCUT2D eigenvalue weighted by molar-refractivity contribution is -0.142. The number of aromatic amines is 2. The number of aliphatic carboxylic acids is 1. The molecular formula is C30H28N6O6. The standard InChI is InChI=1S/C30H28N6O6/c1-17(37)34-20-8-6-18(7-9-20)26-10-11-27(42-26)29(39)35-24(12-19-14-32-23-5-3-2-4-22(19)23)28(38)36-25(30(40)41)13-21-15-31-16-33-21/h2-11,14-16,24-25,32H,12-13H2,1H3,(H,31,33)(H,34,37)(H,35,39)(H,36,38)(H,40,41)/t24-,25-/m0/s1. The summed E-state index contributed by atoms with van der Waals surface area (Å²) in [5, 5.41) is 18.6. The van der Waals surface area contributed by atoms with Crippen LogP contribution in [0.15, 0.2) is 83.8 Å². The van der Waals surface area contributed by atoms with Gasteiger partial charge in [0, 0.05) is 60.0 Å². The Morgan fingerprint density at radius 3 is 2.43 bits per heavy atom. The highest BCUT2D eigenvalue weighted by atomic mass is 16.4. The zero-order chi connectivity index (χ0) is 29.6. The lowest BCUT2D eigenvalue weighted by atomic mass is 10.0. The van der Waals surface area contributed by atoms with Crippen LogP contribution in [0.1, 0.15) is 28.7 Å². The normalized spacial score (nSPS) is 12.4. The van der Waals surface area contributed by atoms with Gasteiger partial charge in [-0.25, -0.2) is 9.78 Å². The maximum Gasteiger partial charge on any atom is 0.326 e. The second-order valence-electron chi connectivity index (χ2n) is 9.69. The zero-order valence-electron chi connectivity index (χ0n) is 22.5. The second-order valence-corrected chi connectivity index (χ2v) is 9.69. The molecule has 2 aromatic carbocycles. The summed E-state index contributed by atoms with van der Waals surface area (Å²) >= 11 is 0. The predicted octanol–water partition coefficient (Wildman–Crippen LogP) is 3.26. The molecule has 0 fully saturated rings. The van der Waals surface area contributed by atoms with Crippen LogP contribution in [0.5, 0.6) is 0 Å². The Labute approximate surface area is 239 Å². The van der Waals surface area contributed by atoms with Crippen LogP contribution in [-0.4, -0.2) is 55.8 Å². The summed E-state index contributed by atoms with van der Waals surface area (Å²) in [4.78, 5) is 59.8. The van der Waals surface area contributed by atoms with Gasteiger partial charge in [-0.15, -0.1) is 0 Å². The number of benzene rings is 2. The van der Waals surface area contributed by atoms with Gasteiger partial charge in [0.15, 0.2) is 5.76 Å². The molecule has 12 nitrogen and oxygen atoms in total. The van der Waals surface area contributed by atoms with E-state index in [2.05, 4.69) is 30.9 Å². The Morgan fingerprint density at radius 2 is 1.71 bits per heavy atom. The van der Waals surface area contributed by atoms with Crippen molar-refractivity contribution in [2.75, 3.05) is 5.32 Å². The maximum absolute atomic E-state index is 13.5. The second kappa shape index (κ2) is 12.3. The molecule has 0 spiro atoms. The Kier molecular flexibility index (Phi) is 8.14. The molecule has 12 heteroatoms. The van der Waals surface area contributed by atoms with E-state index in [9.17, 15) is 24.3 Å². The fraction of sp³-hybridized carbons (Fsp3) is 0.167. The monoisotopic (exact) mass is 568 g/mol. The number of nitrogens with zero attached hydrogens (tertiary/aromatic N) is 1. The molecule has 6 N–H and O–H groups in total. The highest BCUT2D eigenvalue weighted by Gasteiger charge is 2.29. The minimum absolute atomic E-state index is 0.0168. The fourth-order valence-electron chi connectivity index (χ4n) is 4.58. The number of rotatable bonds is 11. The van der Waals surface area contributed by atoms with Crippen LogP contribution in [0.2, 0.25) is 0 Å². The topological polar surface area (TPSA) is 182 Å². The van der Waals surface area contributed by atoms with E-state index in [1.807, 2.05) is 24.3 Å². The number of fused-ring (bicyclic) bond motifs is 1. The third-order valence-corrected chi connectivity index (χ3v) is 6.63. The van der Waals surface area contributed by atoms with Crippen molar-refractivity contribution < 1.29 is 28.7 Å². The summed E-state index contributed by atoms with van der Waals surface area (Å²) in [5.74, 6) is -2.34. The van der Waals surface area contributed by atoms with E-state index in [1.165, 1.54) is 25.5 Å². The van der Waals surface area contributed by atoms with E-state index in [0.717, 1.165) is 16.5 Å². The van der Waals surface area contributed by atoms with Crippen molar-refractivity contribution in [3.63, 3.8) is 0 Å². The number of carbonyl (C=O) groups is 4. The number of furan rings is 1. The van der Waals surface area contributed by atoms with Crippen LogP contribution in [-0.2, 0) is 27.2 Å². The van der Waals surface area contributed by atoms with Crippen LogP contribution >= 0.6 is 0 Å². The summed E-state index contributed by atoms with van der Waals surface area (Å²) in [5.41, 5.74) is 3.47. The lowest BCUT2D eigenvalue weighted by Crippen LogP contribution is -2.53. The van der Waals surface area contributed by atoms with Gasteiger partial charge in [-0.2, -0.15) is 0 Å². The van der Waals surface area contributed by atoms with E-state index < -0.39 is 29.9 Å². The third kappa shape index (κ3) is 6.55. The summed E-state index contributed by atoms with van der Waals surface area (Å²) in [7, 11) is 0. The number of anilines is 1. The molecule has 3 aromatic heterocycles. The molecule has 0 saturated carbocycles. The first-order chi connectivity index (χ1) is 20.3. The largest absolute Gasteiger partial charge is 0.480 e. The van der Waals surface area contributed by atoms with Gasteiger partial charge in [0.05, 0.1) is 6.33 Å². The number of carboxylic acids is 1. The molecule has 5 aromatic rings. The highest BCUT2D eigenvalue weighted by molar-refractivity contribution is 5.97. The van der Waals surface area contributed by atoms with Gasteiger partial charge in [0.1, 0.15) is 17.8 Å². The molecule has 3 heterocycles. The number of aromatic nitrogens is 3. The molecule has 5 rings (SSSR count). The van der Waals surface area contributed by atoms with E-state index >= 15 is 0 Å². The van der Waals surface area contributed by atoms with Crippen LogP contribution in [0.3, 0.4) is 0 Å². The number of H-pyrrole nitrogens is 2. The highest BCUT2D eigenvalue weighted by Crippen LogP contribution is 2.24. The minimum atomic E-state index is -1.25. The van der Waals surface area contributed by atoms with Crippen molar-refractivity contribution in [2.24, 2.45) is 0 Å². The smallest absolute Gasteiger partial charge is 0.326 e. The summed E-state index contributed by atoms with van der Waals surface area (Å²) in [6.45, 7) is 1.42. The first kappa shape index (κ1) is 27.9. The average Bonchev–Trinajstić information content (AvgIpc) is 3.74. The fourth-order valence-corrected chi connectivity index (χ4v) is 4.58. The van der Waals surface area contributed by atoms with Crippen LogP contribution < -0.4 is 16.0 Å². The molecule has 0 radical (unpaired) electrons. The summed E-state index contributed by atoms with van der Waals surface area (Å²) in [6, 6.07) is 15.2. The maximum atomic E-state index is 13.5. The van der Waals surface area contributed by atoms with Crippen LogP contribution in [0.4, 0.5) is 5.69 Å². The zero-order valence-corrected chi connectivity index (χ0v) is 22.5. The Morgan fingerprint density at radius 1 is 0.929 bits per heavy atom. The van der Waals surface area contributed by atoms with E-state index in [-0.39, 0.29) is 24.5 Å². The number of imidazole rings is 1. The molecule has 0 aliphatic rings. The van der Waals surface area contributed by atoms with Gasteiger partial charge in [-0.3, -0.25) is 14.4 Å².